The number of carbonyl (C=O) groups is 1. The third-order valence-corrected chi connectivity index (χ3v) is 3.59. The zero-order valence-corrected chi connectivity index (χ0v) is 11.3. The molecular weight excluding hydrogens is 257 g/mol. The van der Waals surface area contributed by atoms with Crippen LogP contribution in [0.5, 0.6) is 5.75 Å². The molecule has 0 aliphatic carbocycles. The standard InChI is InChI=1S/C16H14FNO2/c1-9-3-4-12-13(5-9)16(20)18(2)8-10-6-11(19)7-14(17)15(10)12/h3-7,19H,8H2,1-2H3. The van der Waals surface area contributed by atoms with E-state index in [9.17, 15) is 14.3 Å². The number of hydrogen-bond donors (Lipinski definition) is 1. The fraction of sp³-hybridized carbons (Fsp3) is 0.188. The molecule has 1 N–H and O–H groups in total. The Morgan fingerprint density at radius 1 is 1.20 bits per heavy atom. The molecule has 2 aromatic carbocycles. The highest BCUT2D eigenvalue weighted by molar-refractivity contribution is 6.02. The van der Waals surface area contributed by atoms with Crippen LogP contribution in [0.15, 0.2) is 30.3 Å². The predicted molar refractivity (Wildman–Crippen MR) is 74.0 cm³/mol. The molecule has 0 atom stereocenters. The van der Waals surface area contributed by atoms with Crippen molar-refractivity contribution in [1.29, 1.82) is 0 Å². The van der Waals surface area contributed by atoms with Gasteiger partial charge in [-0.15, -0.1) is 0 Å². The van der Waals surface area contributed by atoms with E-state index in [-0.39, 0.29) is 18.2 Å². The predicted octanol–water partition coefficient (Wildman–Crippen LogP) is 3.09. The second kappa shape index (κ2) is 4.34. The van der Waals surface area contributed by atoms with Crippen LogP contribution in [0.4, 0.5) is 4.39 Å². The highest BCUT2D eigenvalue weighted by Crippen LogP contribution is 2.36. The molecule has 0 bridgehead atoms. The lowest BCUT2D eigenvalue weighted by molar-refractivity contribution is 0.0788. The van der Waals surface area contributed by atoms with E-state index in [0.717, 1.165) is 11.6 Å². The van der Waals surface area contributed by atoms with E-state index in [2.05, 4.69) is 0 Å². The summed E-state index contributed by atoms with van der Waals surface area (Å²) >= 11 is 0. The summed E-state index contributed by atoms with van der Waals surface area (Å²) in [6, 6.07) is 7.99. The Labute approximate surface area is 116 Å². The Hall–Kier alpha value is -2.36. The summed E-state index contributed by atoms with van der Waals surface area (Å²) in [4.78, 5) is 13.9. The van der Waals surface area contributed by atoms with E-state index in [1.807, 2.05) is 13.0 Å². The van der Waals surface area contributed by atoms with Crippen molar-refractivity contribution in [3.05, 3.63) is 52.8 Å². The third kappa shape index (κ3) is 1.84. The van der Waals surface area contributed by atoms with E-state index >= 15 is 0 Å². The van der Waals surface area contributed by atoms with E-state index < -0.39 is 5.82 Å². The number of phenolic OH excluding ortho intramolecular Hbond substituents is 1. The molecule has 2 aromatic rings. The quantitative estimate of drug-likeness (QED) is 0.800. The highest BCUT2D eigenvalue weighted by Gasteiger charge is 2.26. The van der Waals surface area contributed by atoms with Crippen LogP contribution in [-0.4, -0.2) is 23.0 Å². The fourth-order valence-corrected chi connectivity index (χ4v) is 2.66. The number of nitrogens with zero attached hydrogens (tertiary/aromatic N) is 1. The summed E-state index contributed by atoms with van der Waals surface area (Å²) in [7, 11) is 1.67. The average molecular weight is 271 g/mol. The molecule has 0 fully saturated rings. The van der Waals surface area contributed by atoms with Crippen molar-refractivity contribution in [2.24, 2.45) is 0 Å². The number of hydrogen-bond acceptors (Lipinski definition) is 2. The van der Waals surface area contributed by atoms with Gasteiger partial charge in [0.15, 0.2) is 0 Å². The van der Waals surface area contributed by atoms with Gasteiger partial charge in [0.2, 0.25) is 0 Å². The number of phenols is 1. The lowest BCUT2D eigenvalue weighted by atomic mass is 9.94. The van der Waals surface area contributed by atoms with Crippen LogP contribution < -0.4 is 0 Å². The zero-order chi connectivity index (χ0) is 14.4. The Morgan fingerprint density at radius 3 is 2.70 bits per heavy atom. The van der Waals surface area contributed by atoms with Crippen LogP contribution in [0.25, 0.3) is 11.1 Å². The second-order valence-corrected chi connectivity index (χ2v) is 5.17. The Kier molecular flexibility index (Phi) is 2.74. The smallest absolute Gasteiger partial charge is 0.254 e. The number of fused-ring (bicyclic) bond motifs is 3. The molecule has 0 unspecified atom stereocenters. The van der Waals surface area contributed by atoms with Crippen molar-refractivity contribution in [2.45, 2.75) is 13.5 Å². The molecule has 1 heterocycles. The maximum atomic E-state index is 14.3. The third-order valence-electron chi connectivity index (χ3n) is 3.59. The van der Waals surface area contributed by atoms with Crippen molar-refractivity contribution in [3.8, 4) is 16.9 Å². The fourth-order valence-electron chi connectivity index (χ4n) is 2.66. The van der Waals surface area contributed by atoms with Crippen LogP contribution >= 0.6 is 0 Å². The topological polar surface area (TPSA) is 40.5 Å². The van der Waals surface area contributed by atoms with Crippen LogP contribution in [-0.2, 0) is 6.54 Å². The minimum absolute atomic E-state index is 0.127. The first-order valence-corrected chi connectivity index (χ1v) is 6.35. The molecule has 4 heteroatoms. The molecule has 0 spiro atoms. The molecule has 1 amide bonds. The first-order chi connectivity index (χ1) is 9.47. The molecule has 102 valence electrons. The number of rotatable bonds is 0. The molecule has 1 aliphatic rings. The maximum Gasteiger partial charge on any atom is 0.254 e. The monoisotopic (exact) mass is 271 g/mol. The summed E-state index contributed by atoms with van der Waals surface area (Å²) in [5.74, 6) is -0.773. The van der Waals surface area contributed by atoms with Gasteiger partial charge in [-0.3, -0.25) is 4.79 Å². The van der Waals surface area contributed by atoms with Gasteiger partial charge >= 0.3 is 0 Å². The van der Waals surface area contributed by atoms with Gasteiger partial charge in [-0.05, 0) is 30.2 Å². The Bertz CT molecular complexity index is 725. The summed E-state index contributed by atoms with van der Waals surface area (Å²) in [6.07, 6.45) is 0. The lowest BCUT2D eigenvalue weighted by Gasteiger charge is -2.15. The maximum absolute atomic E-state index is 14.3. The van der Waals surface area contributed by atoms with Gasteiger partial charge in [-0.1, -0.05) is 17.7 Å². The van der Waals surface area contributed by atoms with Crippen LogP contribution in [0, 0.1) is 12.7 Å². The summed E-state index contributed by atoms with van der Waals surface area (Å²) in [5, 5.41) is 9.56. The van der Waals surface area contributed by atoms with Gasteiger partial charge in [-0.2, -0.15) is 0 Å². The van der Waals surface area contributed by atoms with Gasteiger partial charge in [0, 0.05) is 30.8 Å². The van der Waals surface area contributed by atoms with Crippen LogP contribution in [0.1, 0.15) is 21.5 Å². The molecule has 0 saturated heterocycles. The van der Waals surface area contributed by atoms with Crippen molar-refractivity contribution >= 4 is 5.91 Å². The normalized spacial score (nSPS) is 13.8. The van der Waals surface area contributed by atoms with E-state index in [1.165, 1.54) is 11.0 Å². The first kappa shape index (κ1) is 12.7. The van der Waals surface area contributed by atoms with E-state index in [0.29, 0.717) is 22.3 Å². The van der Waals surface area contributed by atoms with Crippen molar-refractivity contribution in [3.63, 3.8) is 0 Å². The molecule has 0 aromatic heterocycles. The molecule has 3 nitrogen and oxygen atoms in total. The van der Waals surface area contributed by atoms with Gasteiger partial charge in [0.25, 0.3) is 5.91 Å². The molecule has 3 rings (SSSR count). The first-order valence-electron chi connectivity index (χ1n) is 6.35. The lowest BCUT2D eigenvalue weighted by Crippen LogP contribution is -2.24. The molecule has 0 saturated carbocycles. The SMILES string of the molecule is Cc1ccc2c(c1)C(=O)N(C)Cc1cc(O)cc(F)c1-2. The number of amides is 1. The Balaban J connectivity index is 2.38. The zero-order valence-electron chi connectivity index (χ0n) is 11.3. The highest BCUT2D eigenvalue weighted by atomic mass is 19.1. The van der Waals surface area contributed by atoms with Crippen molar-refractivity contribution in [2.75, 3.05) is 7.05 Å². The average Bonchev–Trinajstić information content (AvgIpc) is 2.47. The Morgan fingerprint density at radius 2 is 1.95 bits per heavy atom. The number of aromatic hydroxyl groups is 1. The van der Waals surface area contributed by atoms with Crippen LogP contribution in [0.3, 0.4) is 0 Å². The molecule has 20 heavy (non-hydrogen) atoms. The largest absolute Gasteiger partial charge is 0.508 e. The van der Waals surface area contributed by atoms with Crippen LogP contribution in [0.2, 0.25) is 0 Å². The van der Waals surface area contributed by atoms with E-state index in [4.69, 9.17) is 0 Å². The van der Waals surface area contributed by atoms with Gasteiger partial charge in [0.05, 0.1) is 0 Å². The van der Waals surface area contributed by atoms with Gasteiger partial charge in [-0.25, -0.2) is 4.39 Å². The minimum atomic E-state index is -0.506. The summed E-state index contributed by atoms with van der Waals surface area (Å²) in [5.41, 5.74) is 3.04. The van der Waals surface area contributed by atoms with Gasteiger partial charge < -0.3 is 10.0 Å². The minimum Gasteiger partial charge on any atom is -0.508 e. The second-order valence-electron chi connectivity index (χ2n) is 5.17. The molecule has 0 radical (unpaired) electrons. The number of carbonyl (C=O) groups excluding carboxylic acids is 1. The summed E-state index contributed by atoms with van der Waals surface area (Å²) < 4.78 is 14.3. The van der Waals surface area contributed by atoms with Crippen molar-refractivity contribution in [1.82, 2.24) is 4.90 Å². The van der Waals surface area contributed by atoms with Crippen molar-refractivity contribution < 1.29 is 14.3 Å². The molecular formula is C16H14FNO2. The number of aryl methyl sites for hydroxylation is 1. The van der Waals surface area contributed by atoms with E-state index in [1.54, 1.807) is 19.2 Å². The summed E-state index contributed by atoms with van der Waals surface area (Å²) in [6.45, 7) is 2.17. The van der Waals surface area contributed by atoms with Gasteiger partial charge in [0.1, 0.15) is 11.6 Å². The number of halogens is 1. The molecule has 1 aliphatic heterocycles. The number of benzene rings is 2.